The Labute approximate surface area is 228 Å². The van der Waals surface area contributed by atoms with Gasteiger partial charge in [0, 0.05) is 68.0 Å². The minimum Gasteiger partial charge on any atom is -0.489 e. The number of ether oxygens (including phenoxy) is 1. The van der Waals surface area contributed by atoms with Crippen LogP contribution in [0.3, 0.4) is 0 Å². The molecule has 38 heavy (non-hydrogen) atoms. The summed E-state index contributed by atoms with van der Waals surface area (Å²) < 4.78 is 8.59. The Morgan fingerprint density at radius 2 is 1.76 bits per heavy atom. The van der Waals surface area contributed by atoms with Crippen LogP contribution in [0.4, 0.5) is 16.2 Å². The van der Waals surface area contributed by atoms with E-state index in [-0.39, 0.29) is 12.1 Å². The van der Waals surface area contributed by atoms with Crippen LogP contribution in [0.5, 0.6) is 5.75 Å². The van der Waals surface area contributed by atoms with Gasteiger partial charge in [0.05, 0.1) is 11.2 Å². The molecule has 1 N–H and O–H groups in total. The molecule has 3 aliphatic heterocycles. The molecule has 6 rings (SSSR count). The first-order chi connectivity index (χ1) is 18.7. The maximum Gasteiger partial charge on any atom is 0.321 e. The Kier molecular flexibility index (Phi) is 7.56. The molecule has 1 aromatic heterocycles. The third-order valence-corrected chi connectivity index (χ3v) is 8.91. The van der Waals surface area contributed by atoms with Gasteiger partial charge >= 0.3 is 6.03 Å². The summed E-state index contributed by atoms with van der Waals surface area (Å²) in [5.41, 5.74) is 4.08. The van der Waals surface area contributed by atoms with E-state index in [9.17, 15) is 4.79 Å². The molecule has 1 unspecified atom stereocenters. The molecule has 2 aromatic carbocycles. The molecule has 200 valence electrons. The first kappa shape index (κ1) is 25.2. The molecule has 3 fully saturated rings. The average Bonchev–Trinajstić information content (AvgIpc) is 3.66. The van der Waals surface area contributed by atoms with Gasteiger partial charge in [-0.3, -0.25) is 0 Å². The first-order valence-electron chi connectivity index (χ1n) is 13.8. The second-order valence-corrected chi connectivity index (χ2v) is 11.4. The van der Waals surface area contributed by atoms with Crippen LogP contribution in [-0.2, 0) is 0 Å². The van der Waals surface area contributed by atoms with Crippen molar-refractivity contribution in [1.82, 2.24) is 19.2 Å². The number of likely N-dealkylation sites (tertiary alicyclic amines) is 1. The molecule has 3 aromatic rings. The van der Waals surface area contributed by atoms with E-state index in [2.05, 4.69) is 55.0 Å². The van der Waals surface area contributed by atoms with Crippen LogP contribution in [0.15, 0.2) is 48.8 Å². The Morgan fingerprint density at radius 3 is 2.50 bits per heavy atom. The van der Waals surface area contributed by atoms with E-state index in [0.717, 1.165) is 73.5 Å². The van der Waals surface area contributed by atoms with Crippen LogP contribution in [0, 0.1) is 0 Å². The molecule has 1 atom stereocenters. The molecule has 0 spiro atoms. The number of rotatable bonds is 6. The van der Waals surface area contributed by atoms with Gasteiger partial charge in [-0.25, -0.2) is 19.1 Å². The highest BCUT2D eigenvalue weighted by atomic mass is 32.2. The Bertz CT molecular complexity index is 1260. The molecule has 2 amide bonds. The van der Waals surface area contributed by atoms with Crippen LogP contribution in [0.1, 0.15) is 43.7 Å². The number of piperidine rings is 1. The summed E-state index contributed by atoms with van der Waals surface area (Å²) in [6.45, 7) is 5.67. The lowest BCUT2D eigenvalue weighted by atomic mass is 9.91. The molecule has 0 bridgehead atoms. The van der Waals surface area contributed by atoms with E-state index in [4.69, 9.17) is 4.74 Å². The van der Waals surface area contributed by atoms with E-state index in [1.165, 1.54) is 18.5 Å². The van der Waals surface area contributed by atoms with E-state index < -0.39 is 0 Å². The summed E-state index contributed by atoms with van der Waals surface area (Å²) in [7, 11) is 0. The molecule has 0 aliphatic carbocycles. The summed E-state index contributed by atoms with van der Waals surface area (Å²) in [5.74, 6) is 1.18. The number of benzene rings is 2. The number of carbonyl (C=O) groups excluding carboxylic acids is 1. The van der Waals surface area contributed by atoms with Crippen molar-refractivity contribution in [2.24, 2.45) is 0 Å². The molecule has 0 saturated carbocycles. The molecule has 3 aliphatic rings. The van der Waals surface area contributed by atoms with Crippen molar-refractivity contribution < 1.29 is 9.53 Å². The number of anilines is 2. The molecule has 8 nitrogen and oxygen atoms in total. The SMILES string of the molecule is CSN1CCC(Oc2ccc3c(C4CCN(C(=O)Nc5ccc(N6CCCC6)cc5)CC4)ncnc3c2)C1. The standard InChI is InChI=1S/C29H36N6O2S/c1-38-35-17-12-25(19-35)37-24-8-9-26-27(18-24)30-20-31-28(26)21-10-15-34(16-11-21)29(36)32-22-4-6-23(7-5-22)33-13-2-3-14-33/h4-9,18,20-21,25H,2-3,10-17,19H2,1H3,(H,32,36). The Morgan fingerprint density at radius 1 is 0.974 bits per heavy atom. The lowest BCUT2D eigenvalue weighted by molar-refractivity contribution is 0.194. The van der Waals surface area contributed by atoms with E-state index in [1.807, 2.05) is 23.1 Å². The maximum absolute atomic E-state index is 12.9. The summed E-state index contributed by atoms with van der Waals surface area (Å²) in [5, 5.41) is 4.16. The van der Waals surface area contributed by atoms with Gasteiger partial charge in [-0.15, -0.1) is 0 Å². The fourth-order valence-corrected chi connectivity index (χ4v) is 6.50. The normalized spacial score (nSPS) is 20.8. The second kappa shape index (κ2) is 11.4. The zero-order valence-electron chi connectivity index (χ0n) is 22.0. The van der Waals surface area contributed by atoms with Crippen molar-refractivity contribution in [3.63, 3.8) is 0 Å². The molecule has 0 radical (unpaired) electrons. The number of fused-ring (bicyclic) bond motifs is 1. The minimum atomic E-state index is -0.0290. The van der Waals surface area contributed by atoms with Gasteiger partial charge in [0.1, 0.15) is 18.2 Å². The highest BCUT2D eigenvalue weighted by Crippen LogP contribution is 2.33. The third kappa shape index (κ3) is 5.54. The van der Waals surface area contributed by atoms with Crippen molar-refractivity contribution in [3.05, 3.63) is 54.5 Å². The maximum atomic E-state index is 12.9. The Hall–Kier alpha value is -3.04. The molecule has 9 heteroatoms. The third-order valence-electron chi connectivity index (χ3n) is 8.07. The van der Waals surface area contributed by atoms with Crippen molar-refractivity contribution in [2.45, 2.75) is 44.1 Å². The quantitative estimate of drug-likeness (QED) is 0.428. The number of hydrogen-bond acceptors (Lipinski definition) is 7. The van der Waals surface area contributed by atoms with Crippen molar-refractivity contribution in [2.75, 3.05) is 55.7 Å². The fraction of sp³-hybridized carbons (Fsp3) is 0.483. The lowest BCUT2D eigenvalue weighted by Crippen LogP contribution is -2.40. The van der Waals surface area contributed by atoms with Gasteiger partial charge in [0.15, 0.2) is 0 Å². The van der Waals surface area contributed by atoms with Gasteiger partial charge < -0.3 is 19.9 Å². The zero-order valence-corrected chi connectivity index (χ0v) is 22.8. The fourth-order valence-electron chi connectivity index (χ4n) is 5.90. The van der Waals surface area contributed by atoms with Gasteiger partial charge in [-0.2, -0.15) is 0 Å². The minimum absolute atomic E-state index is 0.0290. The average molecular weight is 533 g/mol. The number of carbonyl (C=O) groups is 1. The summed E-state index contributed by atoms with van der Waals surface area (Å²) in [6.07, 6.45) is 9.33. The van der Waals surface area contributed by atoms with E-state index >= 15 is 0 Å². The predicted octanol–water partition coefficient (Wildman–Crippen LogP) is 5.37. The molecular formula is C29H36N6O2S. The predicted molar refractivity (Wildman–Crippen MR) is 154 cm³/mol. The summed E-state index contributed by atoms with van der Waals surface area (Å²) in [6, 6.07) is 14.4. The van der Waals surface area contributed by atoms with Crippen LogP contribution < -0.4 is 15.0 Å². The van der Waals surface area contributed by atoms with Crippen molar-refractivity contribution in [1.29, 1.82) is 0 Å². The number of aromatic nitrogens is 2. The summed E-state index contributed by atoms with van der Waals surface area (Å²) >= 11 is 1.78. The summed E-state index contributed by atoms with van der Waals surface area (Å²) in [4.78, 5) is 26.5. The zero-order chi connectivity index (χ0) is 25.9. The molecule has 4 heterocycles. The van der Waals surface area contributed by atoms with Gasteiger partial charge in [-0.1, -0.05) is 11.9 Å². The lowest BCUT2D eigenvalue weighted by Gasteiger charge is -2.32. The Balaban J connectivity index is 1.05. The number of amides is 2. The van der Waals surface area contributed by atoms with Crippen LogP contribution in [0.2, 0.25) is 0 Å². The van der Waals surface area contributed by atoms with Gasteiger partial charge in [-0.05, 0) is 74.8 Å². The van der Waals surface area contributed by atoms with Crippen LogP contribution in [0.25, 0.3) is 10.9 Å². The van der Waals surface area contributed by atoms with Crippen LogP contribution in [-0.4, -0.2) is 76.8 Å². The van der Waals surface area contributed by atoms with Crippen molar-refractivity contribution in [3.8, 4) is 5.75 Å². The van der Waals surface area contributed by atoms with E-state index in [0.29, 0.717) is 19.0 Å². The second-order valence-electron chi connectivity index (χ2n) is 10.5. The highest BCUT2D eigenvalue weighted by Gasteiger charge is 2.27. The largest absolute Gasteiger partial charge is 0.489 e. The van der Waals surface area contributed by atoms with Crippen molar-refractivity contribution >= 4 is 40.3 Å². The van der Waals surface area contributed by atoms with Gasteiger partial charge in [0.2, 0.25) is 0 Å². The number of nitrogens with zero attached hydrogens (tertiary/aromatic N) is 5. The highest BCUT2D eigenvalue weighted by molar-refractivity contribution is 7.96. The van der Waals surface area contributed by atoms with Crippen LogP contribution >= 0.6 is 11.9 Å². The molecule has 3 saturated heterocycles. The number of hydrogen-bond donors (Lipinski definition) is 1. The first-order valence-corrected chi connectivity index (χ1v) is 15.0. The monoisotopic (exact) mass is 532 g/mol. The number of urea groups is 1. The molecular weight excluding hydrogens is 496 g/mol. The van der Waals surface area contributed by atoms with Gasteiger partial charge in [0.25, 0.3) is 0 Å². The van der Waals surface area contributed by atoms with E-state index in [1.54, 1.807) is 18.3 Å². The smallest absolute Gasteiger partial charge is 0.321 e. The topological polar surface area (TPSA) is 73.8 Å². The number of nitrogens with one attached hydrogen (secondary N) is 1.